The zero-order valence-electron chi connectivity index (χ0n) is 14.4. The summed E-state index contributed by atoms with van der Waals surface area (Å²) in [6.07, 6.45) is 7.93. The van der Waals surface area contributed by atoms with Crippen molar-refractivity contribution in [3.05, 3.63) is 0 Å². The summed E-state index contributed by atoms with van der Waals surface area (Å²) >= 11 is 0. The largest absolute Gasteiger partial charge is 0.371 e. The van der Waals surface area contributed by atoms with Crippen molar-refractivity contribution in [2.24, 2.45) is 11.8 Å². The van der Waals surface area contributed by atoms with Gasteiger partial charge in [-0.05, 0) is 57.0 Å². The lowest BCUT2D eigenvalue weighted by Crippen LogP contribution is -2.43. The van der Waals surface area contributed by atoms with Crippen LogP contribution in [-0.2, 0) is 4.74 Å². The monoisotopic (exact) mass is 329 g/mol. The Morgan fingerprint density at radius 2 is 1.48 bits per heavy atom. The molecule has 23 heavy (non-hydrogen) atoms. The number of ether oxygens (including phenoxy) is 1. The van der Waals surface area contributed by atoms with Crippen LogP contribution in [0.25, 0.3) is 0 Å². The SMILES string of the molecule is FC1CC(CC2CCCCC2)CC(F)C1OCCN1CCCC1. The molecule has 0 N–H and O–H groups in total. The van der Waals surface area contributed by atoms with E-state index in [9.17, 15) is 8.78 Å². The van der Waals surface area contributed by atoms with Crippen LogP contribution in [0.2, 0.25) is 0 Å². The fourth-order valence-corrected chi connectivity index (χ4v) is 4.85. The van der Waals surface area contributed by atoms with Gasteiger partial charge in [0.15, 0.2) is 0 Å². The summed E-state index contributed by atoms with van der Waals surface area (Å²) in [5.74, 6) is 0.933. The fraction of sp³-hybridized carbons (Fsp3) is 1.00. The quantitative estimate of drug-likeness (QED) is 0.710. The molecule has 1 heterocycles. The Kier molecular flexibility index (Phi) is 6.70. The van der Waals surface area contributed by atoms with Crippen LogP contribution in [-0.4, -0.2) is 49.6 Å². The van der Waals surface area contributed by atoms with Gasteiger partial charge in [-0.15, -0.1) is 0 Å². The van der Waals surface area contributed by atoms with Crippen molar-refractivity contribution in [3.8, 4) is 0 Å². The van der Waals surface area contributed by atoms with Crippen LogP contribution in [0.3, 0.4) is 0 Å². The number of rotatable bonds is 6. The van der Waals surface area contributed by atoms with Crippen LogP contribution in [0.4, 0.5) is 8.78 Å². The molecule has 2 saturated carbocycles. The van der Waals surface area contributed by atoms with Crippen molar-refractivity contribution in [3.63, 3.8) is 0 Å². The van der Waals surface area contributed by atoms with Gasteiger partial charge in [-0.3, -0.25) is 0 Å². The fourth-order valence-electron chi connectivity index (χ4n) is 4.85. The normalized spacial score (nSPS) is 37.3. The maximum Gasteiger partial charge on any atom is 0.129 e. The van der Waals surface area contributed by atoms with Gasteiger partial charge in [-0.1, -0.05) is 32.1 Å². The van der Waals surface area contributed by atoms with E-state index in [-0.39, 0.29) is 5.92 Å². The minimum atomic E-state index is -1.12. The zero-order valence-corrected chi connectivity index (χ0v) is 14.4. The molecule has 2 atom stereocenters. The van der Waals surface area contributed by atoms with Crippen molar-refractivity contribution in [2.45, 2.75) is 82.7 Å². The number of alkyl halides is 2. The van der Waals surface area contributed by atoms with Crippen molar-refractivity contribution in [1.29, 1.82) is 0 Å². The third kappa shape index (κ3) is 5.12. The lowest BCUT2D eigenvalue weighted by atomic mass is 9.76. The van der Waals surface area contributed by atoms with E-state index in [0.29, 0.717) is 25.4 Å². The van der Waals surface area contributed by atoms with E-state index in [1.165, 1.54) is 44.9 Å². The van der Waals surface area contributed by atoms with Gasteiger partial charge in [0.25, 0.3) is 0 Å². The second kappa shape index (κ2) is 8.75. The third-order valence-electron chi connectivity index (χ3n) is 6.14. The van der Waals surface area contributed by atoms with Crippen LogP contribution < -0.4 is 0 Å². The summed E-state index contributed by atoms with van der Waals surface area (Å²) in [6, 6.07) is 0. The molecule has 2 nitrogen and oxygen atoms in total. The van der Waals surface area contributed by atoms with Crippen LogP contribution in [0, 0.1) is 11.8 Å². The maximum atomic E-state index is 14.4. The number of hydrogen-bond donors (Lipinski definition) is 0. The van der Waals surface area contributed by atoms with Crippen LogP contribution in [0.5, 0.6) is 0 Å². The topological polar surface area (TPSA) is 12.5 Å². The molecule has 3 fully saturated rings. The summed E-state index contributed by atoms with van der Waals surface area (Å²) in [7, 11) is 0. The van der Waals surface area contributed by atoms with E-state index in [2.05, 4.69) is 4.90 Å². The predicted molar refractivity (Wildman–Crippen MR) is 89.1 cm³/mol. The van der Waals surface area contributed by atoms with E-state index in [0.717, 1.165) is 26.1 Å². The van der Waals surface area contributed by atoms with E-state index < -0.39 is 18.4 Å². The summed E-state index contributed by atoms with van der Waals surface area (Å²) in [5, 5.41) is 0. The van der Waals surface area contributed by atoms with E-state index >= 15 is 0 Å². The average molecular weight is 329 g/mol. The maximum absolute atomic E-state index is 14.4. The second-order valence-corrected chi connectivity index (χ2v) is 7.99. The second-order valence-electron chi connectivity index (χ2n) is 7.99. The van der Waals surface area contributed by atoms with Gasteiger partial charge in [0, 0.05) is 6.54 Å². The molecule has 0 aromatic rings. The minimum absolute atomic E-state index is 0.224. The van der Waals surface area contributed by atoms with Crippen LogP contribution in [0.15, 0.2) is 0 Å². The van der Waals surface area contributed by atoms with E-state index in [1.54, 1.807) is 0 Å². The van der Waals surface area contributed by atoms with E-state index in [4.69, 9.17) is 4.74 Å². The smallest absolute Gasteiger partial charge is 0.129 e. The minimum Gasteiger partial charge on any atom is -0.371 e. The Hall–Kier alpha value is -0.220. The van der Waals surface area contributed by atoms with Crippen LogP contribution >= 0.6 is 0 Å². The summed E-state index contributed by atoms with van der Waals surface area (Å²) < 4.78 is 34.5. The van der Waals surface area contributed by atoms with Crippen molar-refractivity contribution < 1.29 is 13.5 Å². The highest BCUT2D eigenvalue weighted by molar-refractivity contribution is 4.89. The third-order valence-corrected chi connectivity index (χ3v) is 6.14. The van der Waals surface area contributed by atoms with Crippen molar-refractivity contribution in [1.82, 2.24) is 4.90 Å². The first-order chi connectivity index (χ1) is 11.2. The van der Waals surface area contributed by atoms with Gasteiger partial charge >= 0.3 is 0 Å². The van der Waals surface area contributed by atoms with Crippen molar-refractivity contribution in [2.75, 3.05) is 26.2 Å². The molecular weight excluding hydrogens is 296 g/mol. The number of hydrogen-bond acceptors (Lipinski definition) is 2. The molecule has 3 rings (SSSR count). The molecule has 4 heteroatoms. The molecular formula is C19H33F2NO. The Morgan fingerprint density at radius 3 is 2.13 bits per heavy atom. The standard InChI is InChI=1S/C19H33F2NO/c20-17-13-16(12-15-6-2-1-3-7-15)14-18(21)19(17)23-11-10-22-8-4-5-9-22/h15-19H,1-14H2. The Morgan fingerprint density at radius 1 is 0.826 bits per heavy atom. The number of nitrogens with zero attached hydrogens (tertiary/aromatic N) is 1. The first kappa shape index (κ1) is 17.6. The molecule has 2 aliphatic carbocycles. The summed E-state index contributed by atoms with van der Waals surface area (Å²) in [4.78, 5) is 2.33. The van der Waals surface area contributed by atoms with Gasteiger partial charge in [0.1, 0.15) is 18.4 Å². The average Bonchev–Trinajstić information content (AvgIpc) is 3.04. The lowest BCUT2D eigenvalue weighted by molar-refractivity contribution is -0.0869. The van der Waals surface area contributed by atoms with Gasteiger partial charge in [-0.25, -0.2) is 8.78 Å². The molecule has 0 aromatic heterocycles. The molecule has 0 bridgehead atoms. The molecule has 134 valence electrons. The van der Waals surface area contributed by atoms with Gasteiger partial charge in [-0.2, -0.15) is 0 Å². The first-order valence-corrected chi connectivity index (χ1v) is 9.84. The Balaban J connectivity index is 1.39. The summed E-state index contributed by atoms with van der Waals surface area (Å²) in [6.45, 7) is 3.51. The van der Waals surface area contributed by atoms with Crippen LogP contribution in [0.1, 0.15) is 64.2 Å². The first-order valence-electron chi connectivity index (χ1n) is 9.84. The molecule has 1 aliphatic heterocycles. The number of likely N-dealkylation sites (tertiary alicyclic amines) is 1. The molecule has 0 amide bonds. The lowest BCUT2D eigenvalue weighted by Gasteiger charge is -2.36. The Bertz CT molecular complexity index is 330. The molecule has 2 unspecified atom stereocenters. The van der Waals surface area contributed by atoms with E-state index in [1.807, 2.05) is 0 Å². The zero-order chi connectivity index (χ0) is 16.1. The van der Waals surface area contributed by atoms with Crippen molar-refractivity contribution >= 4 is 0 Å². The van der Waals surface area contributed by atoms with Gasteiger partial charge in [0.05, 0.1) is 6.61 Å². The molecule has 0 aromatic carbocycles. The highest BCUT2D eigenvalue weighted by Gasteiger charge is 2.39. The van der Waals surface area contributed by atoms with Gasteiger partial charge in [0.2, 0.25) is 0 Å². The summed E-state index contributed by atoms with van der Waals surface area (Å²) in [5.41, 5.74) is 0. The predicted octanol–water partition coefficient (Wildman–Crippen LogP) is 4.52. The highest BCUT2D eigenvalue weighted by atomic mass is 19.1. The molecule has 1 saturated heterocycles. The highest BCUT2D eigenvalue weighted by Crippen LogP contribution is 2.38. The number of halogens is 2. The molecule has 3 aliphatic rings. The Labute approximate surface area is 139 Å². The molecule has 0 radical (unpaired) electrons. The molecule has 0 spiro atoms. The van der Waals surface area contributed by atoms with Gasteiger partial charge < -0.3 is 9.64 Å².